The van der Waals surface area contributed by atoms with Crippen LogP contribution in [0.4, 0.5) is 0 Å². The maximum absolute atomic E-state index is 12.1. The maximum Gasteiger partial charge on any atom is 0.232 e. The monoisotopic (exact) mass is 271 g/mol. The minimum Gasteiger partial charge on any atom is -0.339 e. The van der Waals surface area contributed by atoms with Crippen molar-refractivity contribution in [1.82, 2.24) is 15.1 Å². The summed E-state index contributed by atoms with van der Waals surface area (Å²) in [5.74, 6) is 1.02. The molecular weight excluding hydrogens is 246 g/mol. The Kier molecular flexibility index (Phi) is 5.79. The number of hydrogen-bond donors (Lipinski definition) is 1. The molecule has 2 aliphatic rings. The number of likely N-dealkylation sites (N-methyl/N-ethyl adjacent to an activating group) is 1. The van der Waals surface area contributed by atoms with Gasteiger partial charge in [-0.05, 0) is 32.5 Å². The first kappa shape index (κ1) is 14.2. The summed E-state index contributed by atoms with van der Waals surface area (Å²) >= 11 is 1.86. The molecule has 2 fully saturated rings. The minimum absolute atomic E-state index is 0.342. The first-order chi connectivity index (χ1) is 8.79. The van der Waals surface area contributed by atoms with E-state index >= 15 is 0 Å². The Morgan fingerprint density at radius 2 is 1.89 bits per heavy atom. The van der Waals surface area contributed by atoms with Crippen LogP contribution in [0.1, 0.15) is 19.8 Å². The molecule has 2 saturated heterocycles. The van der Waals surface area contributed by atoms with Crippen LogP contribution in [0, 0.1) is 0 Å². The maximum atomic E-state index is 12.1. The molecule has 0 aliphatic carbocycles. The van der Waals surface area contributed by atoms with Crippen LogP contribution in [0.5, 0.6) is 0 Å². The number of carbonyl (C=O) groups excluding carboxylic acids is 1. The second-order valence-electron chi connectivity index (χ2n) is 5.08. The summed E-state index contributed by atoms with van der Waals surface area (Å²) in [7, 11) is 0. The van der Waals surface area contributed by atoms with Gasteiger partial charge in [0.15, 0.2) is 0 Å². The summed E-state index contributed by atoms with van der Waals surface area (Å²) in [5.41, 5.74) is 0. The van der Waals surface area contributed by atoms with Crippen molar-refractivity contribution in [3.8, 4) is 0 Å². The van der Waals surface area contributed by atoms with Crippen LogP contribution in [0.3, 0.4) is 0 Å². The number of piperazine rings is 1. The highest BCUT2D eigenvalue weighted by atomic mass is 32.2. The number of piperidine rings is 1. The average Bonchev–Trinajstić information content (AvgIpc) is 2.46. The molecule has 18 heavy (non-hydrogen) atoms. The van der Waals surface area contributed by atoms with Crippen molar-refractivity contribution in [2.45, 2.75) is 25.0 Å². The third-order valence-corrected chi connectivity index (χ3v) is 5.26. The molecule has 0 aromatic heterocycles. The van der Waals surface area contributed by atoms with Crippen molar-refractivity contribution in [3.63, 3.8) is 0 Å². The summed E-state index contributed by atoms with van der Waals surface area (Å²) in [6, 6.07) is 0. The van der Waals surface area contributed by atoms with Gasteiger partial charge in [-0.25, -0.2) is 0 Å². The Morgan fingerprint density at radius 1 is 1.22 bits per heavy atom. The Morgan fingerprint density at radius 3 is 2.50 bits per heavy atom. The molecule has 1 amide bonds. The topological polar surface area (TPSA) is 35.6 Å². The van der Waals surface area contributed by atoms with Crippen molar-refractivity contribution >= 4 is 17.7 Å². The summed E-state index contributed by atoms with van der Waals surface area (Å²) in [5, 5.41) is 4.05. The lowest BCUT2D eigenvalue weighted by atomic mass is 10.2. The average molecular weight is 271 g/mol. The molecule has 0 saturated carbocycles. The molecule has 0 spiro atoms. The standard InChI is InChI=1S/C13H25N3OS/c1-2-15-7-9-16(10-8-15)13(17)11-18-12-3-5-14-6-4-12/h12,14H,2-11H2,1H3. The van der Waals surface area contributed by atoms with Gasteiger partial charge in [0.2, 0.25) is 5.91 Å². The van der Waals surface area contributed by atoms with Gasteiger partial charge in [-0.3, -0.25) is 4.79 Å². The largest absolute Gasteiger partial charge is 0.339 e. The molecule has 0 radical (unpaired) electrons. The minimum atomic E-state index is 0.342. The molecule has 104 valence electrons. The van der Waals surface area contributed by atoms with E-state index < -0.39 is 0 Å². The van der Waals surface area contributed by atoms with Gasteiger partial charge in [-0.2, -0.15) is 0 Å². The van der Waals surface area contributed by atoms with Crippen LogP contribution in [0.25, 0.3) is 0 Å². The molecule has 0 atom stereocenters. The van der Waals surface area contributed by atoms with Crippen molar-refractivity contribution in [3.05, 3.63) is 0 Å². The van der Waals surface area contributed by atoms with Gasteiger partial charge in [0, 0.05) is 31.4 Å². The highest BCUT2D eigenvalue weighted by Gasteiger charge is 2.21. The second kappa shape index (κ2) is 7.36. The Balaban J connectivity index is 1.65. The zero-order chi connectivity index (χ0) is 12.8. The molecule has 0 aromatic rings. The van der Waals surface area contributed by atoms with E-state index in [1.807, 2.05) is 16.7 Å². The van der Waals surface area contributed by atoms with Crippen LogP contribution in [-0.4, -0.2) is 72.5 Å². The lowest BCUT2D eigenvalue weighted by Gasteiger charge is -2.34. The Hall–Kier alpha value is -0.260. The summed E-state index contributed by atoms with van der Waals surface area (Å²) in [6.07, 6.45) is 2.42. The van der Waals surface area contributed by atoms with Gasteiger partial charge in [0.1, 0.15) is 0 Å². The second-order valence-corrected chi connectivity index (χ2v) is 6.36. The van der Waals surface area contributed by atoms with E-state index in [2.05, 4.69) is 17.1 Å². The summed E-state index contributed by atoms with van der Waals surface area (Å²) in [6.45, 7) is 9.43. The number of hydrogen-bond acceptors (Lipinski definition) is 4. The summed E-state index contributed by atoms with van der Waals surface area (Å²) < 4.78 is 0. The predicted molar refractivity (Wildman–Crippen MR) is 77.0 cm³/mol. The first-order valence-electron chi connectivity index (χ1n) is 7.12. The zero-order valence-electron chi connectivity index (χ0n) is 11.4. The molecular formula is C13H25N3OS. The van der Waals surface area contributed by atoms with E-state index in [0.29, 0.717) is 16.9 Å². The molecule has 0 unspecified atom stereocenters. The van der Waals surface area contributed by atoms with E-state index in [4.69, 9.17) is 0 Å². The molecule has 2 aliphatic heterocycles. The van der Waals surface area contributed by atoms with Gasteiger partial charge in [0.25, 0.3) is 0 Å². The normalized spacial score (nSPS) is 23.3. The van der Waals surface area contributed by atoms with E-state index in [-0.39, 0.29) is 0 Å². The lowest BCUT2D eigenvalue weighted by Crippen LogP contribution is -2.49. The van der Waals surface area contributed by atoms with Crippen LogP contribution in [0.15, 0.2) is 0 Å². The first-order valence-corrected chi connectivity index (χ1v) is 8.17. The van der Waals surface area contributed by atoms with Gasteiger partial charge in [-0.15, -0.1) is 11.8 Å². The number of carbonyl (C=O) groups is 1. The molecule has 4 nitrogen and oxygen atoms in total. The van der Waals surface area contributed by atoms with Crippen LogP contribution < -0.4 is 5.32 Å². The predicted octanol–water partition coefficient (Wildman–Crippen LogP) is 0.636. The van der Waals surface area contributed by atoms with Crippen molar-refractivity contribution in [2.75, 3.05) is 51.6 Å². The molecule has 5 heteroatoms. The van der Waals surface area contributed by atoms with Gasteiger partial charge < -0.3 is 15.1 Å². The highest BCUT2D eigenvalue weighted by molar-refractivity contribution is 8.00. The van der Waals surface area contributed by atoms with Gasteiger partial charge >= 0.3 is 0 Å². The molecule has 0 aromatic carbocycles. The fourth-order valence-corrected chi connectivity index (χ4v) is 3.69. The highest BCUT2D eigenvalue weighted by Crippen LogP contribution is 2.20. The third kappa shape index (κ3) is 4.14. The third-order valence-electron chi connectivity index (χ3n) is 3.90. The zero-order valence-corrected chi connectivity index (χ0v) is 12.2. The molecule has 2 rings (SSSR count). The fourth-order valence-electron chi connectivity index (χ4n) is 2.56. The number of amides is 1. The van der Waals surface area contributed by atoms with Crippen LogP contribution in [-0.2, 0) is 4.79 Å². The number of thioether (sulfide) groups is 1. The molecule has 2 heterocycles. The van der Waals surface area contributed by atoms with E-state index in [1.54, 1.807) is 0 Å². The quantitative estimate of drug-likeness (QED) is 0.814. The van der Waals surface area contributed by atoms with E-state index in [0.717, 1.165) is 45.8 Å². The van der Waals surface area contributed by atoms with Gasteiger partial charge in [-0.1, -0.05) is 6.92 Å². The van der Waals surface area contributed by atoms with Gasteiger partial charge in [0.05, 0.1) is 5.75 Å². The number of nitrogens with zero attached hydrogens (tertiary/aromatic N) is 2. The van der Waals surface area contributed by atoms with Crippen LogP contribution >= 0.6 is 11.8 Å². The fraction of sp³-hybridized carbons (Fsp3) is 0.923. The lowest BCUT2D eigenvalue weighted by molar-refractivity contribution is -0.130. The SMILES string of the molecule is CCN1CCN(C(=O)CSC2CCNCC2)CC1. The smallest absolute Gasteiger partial charge is 0.232 e. The molecule has 0 bridgehead atoms. The summed E-state index contributed by atoms with van der Waals surface area (Å²) in [4.78, 5) is 16.6. The Labute approximate surface area is 114 Å². The van der Waals surface area contributed by atoms with E-state index in [9.17, 15) is 4.79 Å². The molecule has 1 N–H and O–H groups in total. The van der Waals surface area contributed by atoms with Crippen molar-refractivity contribution in [2.24, 2.45) is 0 Å². The Bertz CT molecular complexity index is 261. The van der Waals surface area contributed by atoms with Crippen molar-refractivity contribution < 1.29 is 4.79 Å². The van der Waals surface area contributed by atoms with Crippen LogP contribution in [0.2, 0.25) is 0 Å². The number of rotatable bonds is 4. The number of nitrogens with one attached hydrogen (secondary N) is 1. The van der Waals surface area contributed by atoms with E-state index in [1.165, 1.54) is 12.8 Å². The van der Waals surface area contributed by atoms with Crippen molar-refractivity contribution in [1.29, 1.82) is 0 Å².